The fourth-order valence-electron chi connectivity index (χ4n) is 1.37. The Labute approximate surface area is 82.5 Å². The van der Waals surface area contributed by atoms with Crippen LogP contribution in [0.4, 0.5) is 0 Å². The van der Waals surface area contributed by atoms with Gasteiger partial charge in [-0.25, -0.2) is 0 Å². The molecule has 0 saturated carbocycles. The zero-order valence-electron chi connectivity index (χ0n) is 7.63. The molecule has 0 aromatic carbocycles. The highest BCUT2D eigenvalue weighted by molar-refractivity contribution is 7.80. The first-order valence-electron chi connectivity index (χ1n) is 4.22. The molecular weight excluding hydrogens is 184 g/mol. The van der Waals surface area contributed by atoms with Crippen LogP contribution in [0.1, 0.15) is 25.8 Å². The van der Waals surface area contributed by atoms with Crippen molar-refractivity contribution in [1.82, 2.24) is 10.6 Å². The second-order valence-corrected chi connectivity index (χ2v) is 4.10. The van der Waals surface area contributed by atoms with Gasteiger partial charge in [0.25, 0.3) is 0 Å². The zero-order chi connectivity index (χ0) is 9.47. The van der Waals surface area contributed by atoms with E-state index < -0.39 is 0 Å². The summed E-state index contributed by atoms with van der Waals surface area (Å²) in [5.41, 5.74) is -0.146. The third-order valence-electron chi connectivity index (χ3n) is 2.18. The van der Waals surface area contributed by atoms with Crippen molar-refractivity contribution in [2.75, 3.05) is 0 Å². The van der Waals surface area contributed by atoms with Crippen molar-refractivity contribution in [2.45, 2.75) is 25.6 Å². The Morgan fingerprint density at radius 2 is 2.31 bits per heavy atom. The van der Waals surface area contributed by atoms with Crippen molar-refractivity contribution in [3.63, 3.8) is 0 Å². The first kappa shape index (κ1) is 8.72. The molecule has 2 heterocycles. The van der Waals surface area contributed by atoms with E-state index >= 15 is 0 Å². The molecule has 1 aliphatic heterocycles. The number of hydrogen-bond acceptors (Lipinski definition) is 3. The minimum Gasteiger partial charge on any atom is -0.466 e. The zero-order valence-corrected chi connectivity index (χ0v) is 8.44. The minimum atomic E-state index is -0.146. The van der Waals surface area contributed by atoms with Gasteiger partial charge in [0.1, 0.15) is 11.9 Å². The summed E-state index contributed by atoms with van der Waals surface area (Å²) < 4.78 is 5.27. The van der Waals surface area contributed by atoms with Crippen LogP contribution in [0.15, 0.2) is 22.8 Å². The van der Waals surface area contributed by atoms with E-state index in [1.807, 2.05) is 26.0 Å². The van der Waals surface area contributed by atoms with Crippen LogP contribution in [0.3, 0.4) is 0 Å². The summed E-state index contributed by atoms with van der Waals surface area (Å²) >= 11 is 5.19. The highest BCUT2D eigenvalue weighted by Crippen LogP contribution is 2.22. The lowest BCUT2D eigenvalue weighted by atomic mass is 10.1. The van der Waals surface area contributed by atoms with Crippen molar-refractivity contribution in [3.8, 4) is 0 Å². The number of furan rings is 1. The summed E-state index contributed by atoms with van der Waals surface area (Å²) in [6.07, 6.45) is 1.67. The Kier molecular flexibility index (Phi) is 1.89. The average Bonchev–Trinajstić information content (AvgIpc) is 2.60. The molecule has 4 heteroatoms. The van der Waals surface area contributed by atoms with Crippen LogP contribution in [-0.2, 0) is 0 Å². The first-order valence-corrected chi connectivity index (χ1v) is 4.62. The van der Waals surface area contributed by atoms with Crippen LogP contribution < -0.4 is 10.6 Å². The Morgan fingerprint density at radius 1 is 1.54 bits per heavy atom. The predicted molar refractivity (Wildman–Crippen MR) is 54.4 cm³/mol. The summed E-state index contributed by atoms with van der Waals surface area (Å²) in [5.74, 6) is 0.868. The van der Waals surface area contributed by atoms with E-state index in [2.05, 4.69) is 10.6 Å². The van der Waals surface area contributed by atoms with Gasteiger partial charge in [-0.15, -0.1) is 0 Å². The van der Waals surface area contributed by atoms with Crippen molar-refractivity contribution in [3.05, 3.63) is 24.2 Å². The molecule has 70 valence electrons. The molecule has 1 aromatic heterocycles. The molecule has 1 atom stereocenters. The van der Waals surface area contributed by atoms with Crippen LogP contribution in [0.25, 0.3) is 0 Å². The van der Waals surface area contributed by atoms with Crippen LogP contribution in [-0.4, -0.2) is 10.5 Å². The highest BCUT2D eigenvalue weighted by Gasteiger charge is 2.36. The van der Waals surface area contributed by atoms with E-state index in [-0.39, 0.29) is 11.7 Å². The maximum Gasteiger partial charge on any atom is 0.140 e. The van der Waals surface area contributed by atoms with Crippen molar-refractivity contribution in [2.24, 2.45) is 0 Å². The number of nitrogens with one attached hydrogen (secondary N) is 2. The van der Waals surface area contributed by atoms with Gasteiger partial charge in [-0.1, -0.05) is 12.2 Å². The van der Waals surface area contributed by atoms with Crippen LogP contribution in [0.2, 0.25) is 0 Å². The maximum absolute atomic E-state index is 5.27. The SMILES string of the molecule is CC1(C)NC(c2ccco2)NC1=S. The largest absolute Gasteiger partial charge is 0.466 e. The summed E-state index contributed by atoms with van der Waals surface area (Å²) in [4.78, 5) is 0.828. The molecule has 0 bridgehead atoms. The molecule has 1 unspecified atom stereocenters. The molecule has 0 amide bonds. The van der Waals surface area contributed by atoms with Gasteiger partial charge in [0, 0.05) is 0 Å². The van der Waals surface area contributed by atoms with Crippen molar-refractivity contribution >= 4 is 17.2 Å². The standard InChI is InChI=1S/C9H12N2OS/c1-9(2)8(13)10-7(11-9)6-4-3-5-12-6/h3-5,7,11H,1-2H3,(H,10,13). The van der Waals surface area contributed by atoms with E-state index in [4.69, 9.17) is 16.6 Å². The molecule has 1 fully saturated rings. The van der Waals surface area contributed by atoms with Gasteiger partial charge in [-0.2, -0.15) is 0 Å². The quantitative estimate of drug-likeness (QED) is 0.669. The van der Waals surface area contributed by atoms with E-state index in [1.54, 1.807) is 6.26 Å². The van der Waals surface area contributed by atoms with E-state index in [9.17, 15) is 0 Å². The van der Waals surface area contributed by atoms with Gasteiger partial charge in [-0.05, 0) is 26.0 Å². The fourth-order valence-corrected chi connectivity index (χ4v) is 1.55. The van der Waals surface area contributed by atoms with E-state index in [0.717, 1.165) is 10.7 Å². The van der Waals surface area contributed by atoms with Crippen LogP contribution in [0, 0.1) is 0 Å². The second kappa shape index (κ2) is 2.82. The molecule has 2 rings (SSSR count). The lowest BCUT2D eigenvalue weighted by molar-refractivity contribution is 0.390. The normalized spacial score (nSPS) is 26.0. The molecule has 1 aliphatic rings. The predicted octanol–water partition coefficient (Wildman–Crippen LogP) is 1.58. The van der Waals surface area contributed by atoms with Gasteiger partial charge >= 0.3 is 0 Å². The van der Waals surface area contributed by atoms with Crippen molar-refractivity contribution in [1.29, 1.82) is 0 Å². The Hall–Kier alpha value is -0.870. The molecule has 1 saturated heterocycles. The van der Waals surface area contributed by atoms with Gasteiger partial charge in [0.05, 0.1) is 16.8 Å². The smallest absolute Gasteiger partial charge is 0.140 e. The molecule has 0 spiro atoms. The molecule has 2 N–H and O–H groups in total. The maximum atomic E-state index is 5.27. The summed E-state index contributed by atoms with van der Waals surface area (Å²) in [5, 5.41) is 6.51. The third kappa shape index (κ3) is 1.47. The second-order valence-electron chi connectivity index (χ2n) is 3.69. The highest BCUT2D eigenvalue weighted by atomic mass is 32.1. The molecule has 0 radical (unpaired) electrons. The van der Waals surface area contributed by atoms with Crippen LogP contribution in [0.5, 0.6) is 0 Å². The number of thiocarbonyl (C=S) groups is 1. The molecule has 1 aromatic rings. The molecular formula is C9H12N2OS. The van der Waals surface area contributed by atoms with Gasteiger partial charge < -0.3 is 9.73 Å². The lowest BCUT2D eigenvalue weighted by Crippen LogP contribution is -2.38. The summed E-state index contributed by atoms with van der Waals surface area (Å²) in [7, 11) is 0. The monoisotopic (exact) mass is 196 g/mol. The first-order chi connectivity index (χ1) is 6.09. The summed E-state index contributed by atoms with van der Waals surface area (Å²) in [6, 6.07) is 3.79. The topological polar surface area (TPSA) is 37.2 Å². The van der Waals surface area contributed by atoms with Gasteiger partial charge in [0.2, 0.25) is 0 Å². The van der Waals surface area contributed by atoms with E-state index in [1.165, 1.54) is 0 Å². The Balaban J connectivity index is 2.19. The molecule has 3 nitrogen and oxygen atoms in total. The van der Waals surface area contributed by atoms with Crippen molar-refractivity contribution < 1.29 is 4.42 Å². The number of rotatable bonds is 1. The average molecular weight is 196 g/mol. The van der Waals surface area contributed by atoms with Gasteiger partial charge in [0.15, 0.2) is 0 Å². The third-order valence-corrected chi connectivity index (χ3v) is 2.80. The molecule has 13 heavy (non-hydrogen) atoms. The lowest BCUT2D eigenvalue weighted by Gasteiger charge is -2.16. The van der Waals surface area contributed by atoms with Gasteiger partial charge in [-0.3, -0.25) is 5.32 Å². The number of hydrogen-bond donors (Lipinski definition) is 2. The minimum absolute atomic E-state index is 0.0116. The van der Waals surface area contributed by atoms with Crippen LogP contribution >= 0.6 is 12.2 Å². The Bertz CT molecular complexity index is 318. The molecule has 0 aliphatic carbocycles. The van der Waals surface area contributed by atoms with E-state index in [0.29, 0.717) is 0 Å². The summed E-state index contributed by atoms with van der Waals surface area (Å²) in [6.45, 7) is 4.09. The Morgan fingerprint density at radius 3 is 2.77 bits per heavy atom. The fraction of sp³-hybridized carbons (Fsp3) is 0.444.